The summed E-state index contributed by atoms with van der Waals surface area (Å²) in [5.41, 5.74) is 23.1. The number of fused-ring (bicyclic) bond motifs is 4. The summed E-state index contributed by atoms with van der Waals surface area (Å²) in [6, 6.07) is 56.6. The molecule has 1 N–H and O–H groups in total. The zero-order chi connectivity index (χ0) is 41.7. The lowest BCUT2D eigenvalue weighted by Gasteiger charge is -2.36. The minimum absolute atomic E-state index is 0.0669. The number of hydrogen-bond acceptors (Lipinski definition) is 2. The highest BCUT2D eigenvalue weighted by Crippen LogP contribution is 2.43. The maximum absolute atomic E-state index is 4.28. The Morgan fingerprint density at radius 2 is 1.50 bits per heavy atom. The van der Waals surface area contributed by atoms with Gasteiger partial charge in [-0.05, 0) is 123 Å². The fraction of sp³-hybridized carbons (Fsp3) is 0.0833. The molecule has 0 saturated heterocycles. The molecule has 0 fully saturated rings. The largest absolute Gasteiger partial charge is 0.374 e. The van der Waals surface area contributed by atoms with E-state index < -0.39 is 0 Å². The third-order valence-corrected chi connectivity index (χ3v) is 12.3. The van der Waals surface area contributed by atoms with E-state index in [1.165, 1.54) is 55.8 Å². The number of nitrogens with one attached hydrogen (secondary N) is 1. The second-order valence-electron chi connectivity index (χ2n) is 16.2. The van der Waals surface area contributed by atoms with Crippen molar-refractivity contribution in [1.82, 2.24) is 5.32 Å². The molecule has 2 aliphatic heterocycles. The van der Waals surface area contributed by atoms with Gasteiger partial charge in [0.1, 0.15) is 0 Å². The Balaban J connectivity index is 0.947. The Morgan fingerprint density at radius 3 is 2.31 bits per heavy atom. The maximum Gasteiger partial charge on any atom is 0.0773 e. The fourth-order valence-electron chi connectivity index (χ4n) is 9.15. The highest BCUT2D eigenvalue weighted by atomic mass is 15.2. The second-order valence-corrected chi connectivity index (χ2v) is 16.2. The van der Waals surface area contributed by atoms with Gasteiger partial charge in [0.15, 0.2) is 0 Å². The van der Waals surface area contributed by atoms with Gasteiger partial charge in [0.05, 0.1) is 12.1 Å². The highest BCUT2D eigenvalue weighted by Gasteiger charge is 2.28. The van der Waals surface area contributed by atoms with Crippen LogP contribution in [0, 0.1) is 0 Å². The smallest absolute Gasteiger partial charge is 0.0773 e. The lowest BCUT2D eigenvalue weighted by atomic mass is 9.84. The molecule has 4 aliphatic rings. The lowest BCUT2D eigenvalue weighted by Crippen LogP contribution is -2.31. The van der Waals surface area contributed by atoms with Gasteiger partial charge in [0, 0.05) is 28.2 Å². The van der Waals surface area contributed by atoms with Crippen LogP contribution in [0.1, 0.15) is 63.4 Å². The molecular weight excluding hydrogens is 749 g/mol. The van der Waals surface area contributed by atoms with Crippen molar-refractivity contribution >= 4 is 44.9 Å². The molecule has 10 rings (SSSR count). The van der Waals surface area contributed by atoms with Gasteiger partial charge < -0.3 is 10.2 Å². The molecule has 2 atom stereocenters. The van der Waals surface area contributed by atoms with E-state index >= 15 is 0 Å². The first-order chi connectivity index (χ1) is 30.7. The summed E-state index contributed by atoms with van der Waals surface area (Å²) in [5.74, 6) is 0. The summed E-state index contributed by atoms with van der Waals surface area (Å²) in [6.07, 6.45) is 27.5. The van der Waals surface area contributed by atoms with Crippen molar-refractivity contribution in [2.45, 2.75) is 31.3 Å². The summed E-state index contributed by atoms with van der Waals surface area (Å²) in [5, 5.41) is 3.88. The Hall–Kier alpha value is -7.64. The van der Waals surface area contributed by atoms with Crippen molar-refractivity contribution in [2.75, 3.05) is 4.90 Å². The summed E-state index contributed by atoms with van der Waals surface area (Å²) in [4.78, 5) is 2.47. The summed E-state index contributed by atoms with van der Waals surface area (Å²) in [6.45, 7) is 4.28. The molecule has 2 aliphatic carbocycles. The molecule has 0 spiro atoms. The van der Waals surface area contributed by atoms with E-state index in [1.807, 2.05) is 6.08 Å². The van der Waals surface area contributed by atoms with Crippen LogP contribution >= 0.6 is 0 Å². The van der Waals surface area contributed by atoms with Crippen molar-refractivity contribution in [3.05, 3.63) is 281 Å². The average Bonchev–Trinajstić information content (AvgIpc) is 3.70. The molecular formula is C60H48N2. The lowest BCUT2D eigenvalue weighted by molar-refractivity contribution is 0.774. The minimum atomic E-state index is -0.0867. The number of anilines is 2. The molecule has 298 valence electrons. The Kier molecular flexibility index (Phi) is 10.9. The molecule has 62 heavy (non-hydrogen) atoms. The van der Waals surface area contributed by atoms with Crippen LogP contribution in [0.15, 0.2) is 237 Å². The molecule has 2 heteroatoms. The third kappa shape index (κ3) is 8.00. The molecule has 2 heterocycles. The van der Waals surface area contributed by atoms with E-state index in [0.717, 1.165) is 52.9 Å². The van der Waals surface area contributed by atoms with Crippen LogP contribution in [0.5, 0.6) is 0 Å². The summed E-state index contributed by atoms with van der Waals surface area (Å²) >= 11 is 0. The van der Waals surface area contributed by atoms with Crippen molar-refractivity contribution in [3.63, 3.8) is 0 Å². The van der Waals surface area contributed by atoms with Gasteiger partial charge in [0.25, 0.3) is 0 Å². The first kappa shape index (κ1) is 38.6. The SMILES string of the molecule is C=C/C(=C\C/C=C1\CC=C(Cc2ccccc2)c2ccccc21)c1ccc2c(c1)C1=C[C@@H](C=CC=C1)N2c1cccc([C@H]2C=C=C(c3ccccc3)C=C(c3ccccc3)N2)c1. The van der Waals surface area contributed by atoms with Gasteiger partial charge in [0.2, 0.25) is 0 Å². The first-order valence-corrected chi connectivity index (χ1v) is 21.7. The van der Waals surface area contributed by atoms with Crippen LogP contribution in [0.2, 0.25) is 0 Å². The van der Waals surface area contributed by atoms with Crippen molar-refractivity contribution < 1.29 is 0 Å². The molecule has 0 aromatic heterocycles. The normalized spacial score (nSPS) is 18.3. The second kappa shape index (κ2) is 17.5. The Labute approximate surface area is 366 Å². The molecule has 0 unspecified atom stereocenters. The van der Waals surface area contributed by atoms with E-state index in [-0.39, 0.29) is 12.1 Å². The quantitative estimate of drug-likeness (QED) is 0.110. The summed E-state index contributed by atoms with van der Waals surface area (Å²) in [7, 11) is 0. The number of nitrogens with zero attached hydrogens (tertiary/aromatic N) is 1. The van der Waals surface area contributed by atoms with E-state index in [9.17, 15) is 0 Å². The zero-order valence-corrected chi connectivity index (χ0v) is 34.8. The van der Waals surface area contributed by atoms with E-state index in [2.05, 4.69) is 241 Å². The van der Waals surface area contributed by atoms with Crippen molar-refractivity contribution in [2.24, 2.45) is 0 Å². The Bertz CT molecular complexity index is 2940. The van der Waals surface area contributed by atoms with Crippen LogP contribution in [-0.4, -0.2) is 6.04 Å². The number of benzene rings is 6. The van der Waals surface area contributed by atoms with Crippen molar-refractivity contribution in [3.8, 4) is 0 Å². The average molecular weight is 797 g/mol. The minimum Gasteiger partial charge on any atom is -0.374 e. The van der Waals surface area contributed by atoms with Crippen LogP contribution in [0.4, 0.5) is 11.4 Å². The van der Waals surface area contributed by atoms with E-state index in [1.54, 1.807) is 0 Å². The van der Waals surface area contributed by atoms with Crippen molar-refractivity contribution in [1.29, 1.82) is 0 Å². The fourth-order valence-corrected chi connectivity index (χ4v) is 9.15. The molecule has 6 aromatic rings. The molecule has 0 amide bonds. The highest BCUT2D eigenvalue weighted by molar-refractivity contribution is 5.93. The molecule has 2 bridgehead atoms. The van der Waals surface area contributed by atoms with Gasteiger partial charge in [-0.1, -0.05) is 189 Å². The van der Waals surface area contributed by atoms with E-state index in [0.29, 0.717) is 0 Å². The van der Waals surface area contributed by atoms with Gasteiger partial charge in [-0.3, -0.25) is 0 Å². The Morgan fingerprint density at radius 1 is 0.742 bits per heavy atom. The van der Waals surface area contributed by atoms with Crippen LogP contribution in [-0.2, 0) is 6.42 Å². The molecule has 2 nitrogen and oxygen atoms in total. The van der Waals surface area contributed by atoms with Crippen LogP contribution in [0.25, 0.3) is 33.6 Å². The van der Waals surface area contributed by atoms with Gasteiger partial charge in [-0.2, -0.15) is 0 Å². The standard InChI is InChI=1S/C60H48N2/c1-2-44(25-16-26-46-32-33-51(38-43-18-6-3-7-19-43)56-31-15-14-30-55(46)56)48-35-37-60-57(41-48)50-24-12-13-28-53(39-50)62(60)54-29-17-27-52(40-54)58-36-34-49(45-20-8-4-9-21-45)42-59(61-58)47-22-10-5-11-23-47/h2-15,17-31,33,35-37,39-42,53,58,61H,1,16,32,38H2/b44-25+,46-26+/t53-,58-/m1/s1. The van der Waals surface area contributed by atoms with Crippen LogP contribution < -0.4 is 10.2 Å². The predicted octanol–water partition coefficient (Wildman–Crippen LogP) is 14.7. The maximum atomic E-state index is 4.28. The van der Waals surface area contributed by atoms with Gasteiger partial charge >= 0.3 is 0 Å². The molecule has 0 saturated carbocycles. The topological polar surface area (TPSA) is 15.3 Å². The third-order valence-electron chi connectivity index (χ3n) is 12.3. The monoisotopic (exact) mass is 796 g/mol. The molecule has 6 aromatic carbocycles. The summed E-state index contributed by atoms with van der Waals surface area (Å²) < 4.78 is 0. The molecule has 0 radical (unpaired) electrons. The first-order valence-electron chi connectivity index (χ1n) is 21.7. The van der Waals surface area contributed by atoms with Gasteiger partial charge in [-0.15, -0.1) is 5.73 Å². The number of rotatable bonds is 10. The number of hydrogen-bond donors (Lipinski definition) is 1. The van der Waals surface area contributed by atoms with Gasteiger partial charge in [-0.25, -0.2) is 0 Å². The zero-order valence-electron chi connectivity index (χ0n) is 34.8. The number of allylic oxidation sites excluding steroid dienone is 12. The van der Waals surface area contributed by atoms with E-state index in [4.69, 9.17) is 0 Å². The predicted molar refractivity (Wildman–Crippen MR) is 263 cm³/mol. The van der Waals surface area contributed by atoms with Crippen LogP contribution in [0.3, 0.4) is 0 Å².